The van der Waals surface area contributed by atoms with Gasteiger partial charge >= 0.3 is 0 Å². The number of carbonyl (C=O) groups is 1. The number of ether oxygens (including phenoxy) is 1. The molecule has 4 rings (SSSR count). The van der Waals surface area contributed by atoms with Crippen LogP contribution in [0.3, 0.4) is 0 Å². The molecule has 8 heteroatoms. The molecule has 0 saturated heterocycles. The number of H-pyrrole nitrogens is 1. The van der Waals surface area contributed by atoms with Crippen molar-refractivity contribution in [2.75, 3.05) is 5.32 Å². The number of rotatable bonds is 3. The number of allylic oxidation sites excluding steroid dienone is 1. The lowest BCUT2D eigenvalue weighted by atomic mass is 9.84. The SMILES string of the molecule is CC(=O)Nc1ccc([C@H]2C(C#N)=C(N)Oc3n[nH]c(-c4cccs4)c32)cc1. The number of fused-ring (bicyclic) bond motifs is 1. The number of nitrogens with zero attached hydrogens (tertiary/aromatic N) is 2. The van der Waals surface area contributed by atoms with Crippen molar-refractivity contribution >= 4 is 22.9 Å². The largest absolute Gasteiger partial charge is 0.420 e. The molecule has 1 amide bonds. The predicted molar refractivity (Wildman–Crippen MR) is 102 cm³/mol. The molecule has 0 spiro atoms. The molecule has 0 aliphatic carbocycles. The first-order valence-electron chi connectivity index (χ1n) is 8.15. The molecule has 134 valence electrons. The summed E-state index contributed by atoms with van der Waals surface area (Å²) in [6, 6.07) is 13.4. The van der Waals surface area contributed by atoms with Crippen LogP contribution >= 0.6 is 11.3 Å². The van der Waals surface area contributed by atoms with Gasteiger partial charge in [-0.05, 0) is 29.1 Å². The van der Waals surface area contributed by atoms with Crippen molar-refractivity contribution < 1.29 is 9.53 Å². The van der Waals surface area contributed by atoms with Crippen LogP contribution in [0.5, 0.6) is 5.88 Å². The molecule has 27 heavy (non-hydrogen) atoms. The highest BCUT2D eigenvalue weighted by atomic mass is 32.1. The second kappa shape index (κ2) is 6.63. The van der Waals surface area contributed by atoms with Crippen molar-refractivity contribution in [2.45, 2.75) is 12.8 Å². The zero-order valence-electron chi connectivity index (χ0n) is 14.3. The Labute approximate surface area is 159 Å². The van der Waals surface area contributed by atoms with Crippen LogP contribution in [-0.2, 0) is 4.79 Å². The molecule has 1 aliphatic rings. The quantitative estimate of drug-likeness (QED) is 0.647. The number of anilines is 1. The highest BCUT2D eigenvalue weighted by Gasteiger charge is 2.35. The van der Waals surface area contributed by atoms with Crippen LogP contribution in [0.15, 0.2) is 53.2 Å². The van der Waals surface area contributed by atoms with Crippen molar-refractivity contribution in [1.82, 2.24) is 10.2 Å². The lowest BCUT2D eigenvalue weighted by molar-refractivity contribution is -0.114. The smallest absolute Gasteiger partial charge is 0.244 e. The molecule has 2 aromatic heterocycles. The maximum absolute atomic E-state index is 11.2. The Balaban J connectivity index is 1.85. The molecule has 3 aromatic rings. The van der Waals surface area contributed by atoms with Crippen LogP contribution in [-0.4, -0.2) is 16.1 Å². The van der Waals surface area contributed by atoms with Gasteiger partial charge in [-0.15, -0.1) is 16.4 Å². The number of benzene rings is 1. The molecule has 7 nitrogen and oxygen atoms in total. The number of hydrogen-bond donors (Lipinski definition) is 3. The molecule has 3 heterocycles. The topological polar surface area (TPSA) is 117 Å². The number of aromatic nitrogens is 2. The molecule has 0 unspecified atom stereocenters. The predicted octanol–water partition coefficient (Wildman–Crippen LogP) is 3.31. The Morgan fingerprint density at radius 2 is 2.15 bits per heavy atom. The van der Waals surface area contributed by atoms with Crippen molar-refractivity contribution in [3.05, 3.63) is 64.4 Å². The first kappa shape index (κ1) is 16.9. The van der Waals surface area contributed by atoms with E-state index in [2.05, 4.69) is 21.6 Å². The van der Waals surface area contributed by atoms with Crippen molar-refractivity contribution in [2.24, 2.45) is 5.73 Å². The normalized spacial score (nSPS) is 15.6. The number of carbonyl (C=O) groups excluding carboxylic acids is 1. The van der Waals surface area contributed by atoms with Crippen LogP contribution in [0, 0.1) is 11.3 Å². The first-order chi connectivity index (χ1) is 13.1. The van der Waals surface area contributed by atoms with E-state index >= 15 is 0 Å². The fourth-order valence-corrected chi connectivity index (χ4v) is 3.88. The molecule has 1 aromatic carbocycles. The first-order valence-corrected chi connectivity index (χ1v) is 9.03. The second-order valence-corrected chi connectivity index (χ2v) is 6.97. The fraction of sp³-hybridized carbons (Fsp3) is 0.105. The number of hydrogen-bond acceptors (Lipinski definition) is 6. The summed E-state index contributed by atoms with van der Waals surface area (Å²) in [6.07, 6.45) is 0. The van der Waals surface area contributed by atoms with E-state index in [4.69, 9.17) is 10.5 Å². The van der Waals surface area contributed by atoms with E-state index in [0.29, 0.717) is 17.1 Å². The van der Waals surface area contributed by atoms with Crippen molar-refractivity contribution in [3.8, 4) is 22.5 Å². The minimum absolute atomic E-state index is 0.0465. The van der Waals surface area contributed by atoms with E-state index in [1.165, 1.54) is 6.92 Å². The standard InChI is InChI=1S/C19H15N5O2S/c1-10(25)22-12-6-4-11(5-7-12)15-13(9-20)18(21)26-19-16(15)17(23-24-19)14-3-2-8-27-14/h2-8,15H,21H2,1H3,(H,22,25)(H,23,24)/t15-/m0/s1. The minimum atomic E-state index is -0.416. The van der Waals surface area contributed by atoms with E-state index in [1.807, 2.05) is 29.6 Å². The van der Waals surface area contributed by atoms with E-state index < -0.39 is 5.92 Å². The molecule has 1 atom stereocenters. The number of nitriles is 1. The van der Waals surface area contributed by atoms with Gasteiger partial charge in [0.1, 0.15) is 11.6 Å². The third-order valence-electron chi connectivity index (χ3n) is 4.27. The molecular weight excluding hydrogens is 362 g/mol. The summed E-state index contributed by atoms with van der Waals surface area (Å²) in [5.74, 6) is -0.148. The minimum Gasteiger partial charge on any atom is -0.420 e. The summed E-state index contributed by atoms with van der Waals surface area (Å²) in [5.41, 5.74) is 9.42. The molecule has 0 saturated carbocycles. The molecule has 1 aliphatic heterocycles. The van der Waals surface area contributed by atoms with Gasteiger partial charge in [0, 0.05) is 12.6 Å². The summed E-state index contributed by atoms with van der Waals surface area (Å²) < 4.78 is 5.58. The number of nitrogens with one attached hydrogen (secondary N) is 2. The Kier molecular flexibility index (Phi) is 4.14. The summed E-state index contributed by atoms with van der Waals surface area (Å²) >= 11 is 1.57. The van der Waals surface area contributed by atoms with Gasteiger partial charge < -0.3 is 15.8 Å². The Morgan fingerprint density at radius 3 is 2.78 bits per heavy atom. The van der Waals surface area contributed by atoms with Gasteiger partial charge in [-0.2, -0.15) is 5.26 Å². The monoisotopic (exact) mass is 377 g/mol. The van der Waals surface area contributed by atoms with Crippen LogP contribution in [0.4, 0.5) is 5.69 Å². The van der Waals surface area contributed by atoms with E-state index in [1.54, 1.807) is 23.5 Å². The van der Waals surface area contributed by atoms with Crippen molar-refractivity contribution in [3.63, 3.8) is 0 Å². The Bertz CT molecular complexity index is 1070. The van der Waals surface area contributed by atoms with Gasteiger partial charge in [-0.3, -0.25) is 9.89 Å². The van der Waals surface area contributed by atoms with Gasteiger partial charge in [0.25, 0.3) is 0 Å². The van der Waals surface area contributed by atoms with Gasteiger partial charge in [-0.1, -0.05) is 18.2 Å². The van der Waals surface area contributed by atoms with Crippen LogP contribution < -0.4 is 15.8 Å². The van der Waals surface area contributed by atoms with Crippen LogP contribution in [0.1, 0.15) is 24.0 Å². The molecule has 0 bridgehead atoms. The molecule has 4 N–H and O–H groups in total. The third-order valence-corrected chi connectivity index (χ3v) is 5.16. The molecular formula is C19H15N5O2S. The Hall–Kier alpha value is -3.57. The fourth-order valence-electron chi connectivity index (χ4n) is 3.15. The zero-order chi connectivity index (χ0) is 19.0. The van der Waals surface area contributed by atoms with Crippen LogP contribution in [0.25, 0.3) is 10.6 Å². The van der Waals surface area contributed by atoms with Crippen LogP contribution in [0.2, 0.25) is 0 Å². The summed E-state index contributed by atoms with van der Waals surface area (Å²) in [5, 5.41) is 21.7. The third kappa shape index (κ3) is 2.94. The number of aromatic amines is 1. The Morgan fingerprint density at radius 1 is 1.37 bits per heavy atom. The number of nitrogens with two attached hydrogens (primary N) is 1. The van der Waals surface area contributed by atoms with E-state index in [-0.39, 0.29) is 11.8 Å². The average molecular weight is 377 g/mol. The maximum atomic E-state index is 11.2. The van der Waals surface area contributed by atoms with Gasteiger partial charge in [0.2, 0.25) is 17.7 Å². The number of thiophene rings is 1. The van der Waals surface area contributed by atoms with E-state index in [9.17, 15) is 10.1 Å². The zero-order valence-corrected chi connectivity index (χ0v) is 15.1. The lowest BCUT2D eigenvalue weighted by Gasteiger charge is -2.24. The van der Waals surface area contributed by atoms with Gasteiger partial charge in [0.15, 0.2) is 0 Å². The van der Waals surface area contributed by atoms with Crippen molar-refractivity contribution in [1.29, 1.82) is 5.26 Å². The van der Waals surface area contributed by atoms with E-state index in [0.717, 1.165) is 21.7 Å². The summed E-state index contributed by atoms with van der Waals surface area (Å²) in [7, 11) is 0. The maximum Gasteiger partial charge on any atom is 0.244 e. The molecule has 0 fully saturated rings. The lowest BCUT2D eigenvalue weighted by Crippen LogP contribution is -2.21. The van der Waals surface area contributed by atoms with Gasteiger partial charge in [0.05, 0.1) is 22.1 Å². The highest BCUT2D eigenvalue weighted by molar-refractivity contribution is 7.13. The summed E-state index contributed by atoms with van der Waals surface area (Å²) in [4.78, 5) is 12.2. The highest BCUT2D eigenvalue weighted by Crippen LogP contribution is 2.46. The average Bonchev–Trinajstić information content (AvgIpc) is 3.30. The summed E-state index contributed by atoms with van der Waals surface area (Å²) in [6.45, 7) is 1.45. The second-order valence-electron chi connectivity index (χ2n) is 6.02. The molecule has 0 radical (unpaired) electrons. The number of amides is 1. The van der Waals surface area contributed by atoms with Gasteiger partial charge in [-0.25, -0.2) is 0 Å².